The van der Waals surface area contributed by atoms with Crippen molar-refractivity contribution in [3.05, 3.63) is 48.7 Å². The van der Waals surface area contributed by atoms with Crippen molar-refractivity contribution in [2.45, 2.75) is 83.3 Å². The molecular weight excluding hydrogens is 507 g/mol. The molecule has 0 aliphatic carbocycles. The summed E-state index contributed by atoms with van der Waals surface area (Å²) in [5.74, 6) is 2.09. The fourth-order valence-electron chi connectivity index (χ4n) is 7.30. The Kier molecular flexibility index (Phi) is 10.3. The molecule has 4 saturated heterocycles. The van der Waals surface area contributed by atoms with Gasteiger partial charge in [0.25, 0.3) is 0 Å². The summed E-state index contributed by atoms with van der Waals surface area (Å²) in [7, 11) is 0.368. The fraction of sp³-hybridized carbons (Fsp3) is 0.656. The summed E-state index contributed by atoms with van der Waals surface area (Å²) < 4.78 is 25.4. The molecule has 0 N–H and O–H groups in total. The van der Waals surface area contributed by atoms with Crippen LogP contribution in [0.15, 0.2) is 43.1 Å². The number of ether oxygens (including phenoxy) is 1. The third-order valence-electron chi connectivity index (χ3n) is 9.45. The molecule has 0 amide bonds. The number of hydrogen-bond acceptors (Lipinski definition) is 5. The lowest BCUT2D eigenvalue weighted by Gasteiger charge is -2.58. The molecule has 2 bridgehead atoms. The maximum atomic E-state index is 6.86. The molecule has 6 nitrogen and oxygen atoms in total. The molecule has 39 heavy (non-hydrogen) atoms. The average Bonchev–Trinajstić information content (AvgIpc) is 3.50. The molecule has 4 aliphatic rings. The maximum absolute atomic E-state index is 6.86. The van der Waals surface area contributed by atoms with Crippen molar-refractivity contribution in [2.24, 2.45) is 11.8 Å². The second kappa shape index (κ2) is 13.9. The quantitative estimate of drug-likeness (QED) is 0.0961. The van der Waals surface area contributed by atoms with Gasteiger partial charge >= 0.3 is 8.60 Å². The van der Waals surface area contributed by atoms with E-state index in [0.29, 0.717) is 31.1 Å². The Hall–Kier alpha value is -1.56. The molecule has 4 fully saturated rings. The smallest absolute Gasteiger partial charge is 0.333 e. The first-order valence-corrected chi connectivity index (χ1v) is 16.4. The van der Waals surface area contributed by atoms with Crippen LogP contribution in [0.25, 0.3) is 10.9 Å². The normalized spacial score (nSPS) is 27.7. The number of unbranched alkanes of at least 4 members (excludes halogenated alkanes) is 7. The van der Waals surface area contributed by atoms with Crippen LogP contribution in [0.1, 0.15) is 82.8 Å². The second-order valence-corrected chi connectivity index (χ2v) is 12.9. The molecule has 0 saturated carbocycles. The van der Waals surface area contributed by atoms with Gasteiger partial charge in [-0.15, -0.1) is 6.58 Å². The molecule has 5 atom stereocenters. The van der Waals surface area contributed by atoms with Gasteiger partial charge in [-0.1, -0.05) is 51.5 Å². The zero-order valence-corrected chi connectivity index (χ0v) is 25.0. The van der Waals surface area contributed by atoms with Crippen molar-refractivity contribution in [1.29, 1.82) is 0 Å². The molecule has 5 heterocycles. The third kappa shape index (κ3) is 6.68. The van der Waals surface area contributed by atoms with Crippen molar-refractivity contribution in [3.8, 4) is 5.75 Å². The van der Waals surface area contributed by atoms with Crippen molar-refractivity contribution >= 4 is 19.5 Å². The van der Waals surface area contributed by atoms with Gasteiger partial charge in [-0.2, -0.15) is 0 Å². The van der Waals surface area contributed by atoms with E-state index in [4.69, 9.17) is 18.3 Å². The van der Waals surface area contributed by atoms with Crippen LogP contribution in [0.2, 0.25) is 0 Å². The number of aromatic nitrogens is 1. The first-order chi connectivity index (χ1) is 19.2. The Balaban J connectivity index is 1.42. The minimum atomic E-state index is -1.35. The number of benzene rings is 1. The zero-order valence-electron chi connectivity index (χ0n) is 24.1. The average molecular weight is 556 g/mol. The summed E-state index contributed by atoms with van der Waals surface area (Å²) in [6.07, 6.45) is 17.2. The molecule has 6 rings (SSSR count). The van der Waals surface area contributed by atoms with Crippen molar-refractivity contribution in [3.63, 3.8) is 0 Å². The molecule has 2 aromatic rings. The third-order valence-corrected chi connectivity index (χ3v) is 10.6. The highest BCUT2D eigenvalue weighted by molar-refractivity contribution is 7.41. The van der Waals surface area contributed by atoms with Crippen LogP contribution in [-0.2, 0) is 13.6 Å². The zero-order chi connectivity index (χ0) is 27.1. The predicted molar refractivity (Wildman–Crippen MR) is 159 cm³/mol. The summed E-state index contributed by atoms with van der Waals surface area (Å²) in [5, 5.41) is 1.10. The number of methoxy groups -OCH3 is 1. The number of hydrogen-bond donors (Lipinski definition) is 0. The Morgan fingerprint density at radius 2 is 1.87 bits per heavy atom. The minimum Gasteiger partial charge on any atom is -0.497 e. The first-order valence-electron chi connectivity index (χ1n) is 15.3. The summed E-state index contributed by atoms with van der Waals surface area (Å²) in [5.41, 5.74) is 2.15. The van der Waals surface area contributed by atoms with Gasteiger partial charge in [0.2, 0.25) is 0 Å². The number of pyridine rings is 1. The SMILES string of the molecule is C=CC1C[N+]2(CCCCCCCCCC)CCC1CC2C(OP1OCCO1)c1ccnc2ccc(OC)cc12. The Morgan fingerprint density at radius 1 is 1.10 bits per heavy atom. The molecule has 214 valence electrons. The van der Waals surface area contributed by atoms with Crippen LogP contribution in [0.4, 0.5) is 0 Å². The molecular formula is C32H48N2O4P+. The van der Waals surface area contributed by atoms with Gasteiger partial charge in [0.05, 0.1) is 45.5 Å². The molecule has 4 aliphatic heterocycles. The second-order valence-electron chi connectivity index (χ2n) is 11.8. The summed E-state index contributed by atoms with van der Waals surface area (Å²) in [6, 6.07) is 8.66. The number of fused-ring (bicyclic) bond motifs is 4. The van der Waals surface area contributed by atoms with Gasteiger partial charge in [0.15, 0.2) is 0 Å². The highest BCUT2D eigenvalue weighted by Gasteiger charge is 2.55. The van der Waals surface area contributed by atoms with E-state index >= 15 is 0 Å². The largest absolute Gasteiger partial charge is 0.497 e. The van der Waals surface area contributed by atoms with E-state index in [-0.39, 0.29) is 6.10 Å². The Morgan fingerprint density at radius 3 is 2.62 bits per heavy atom. The Labute approximate surface area is 236 Å². The van der Waals surface area contributed by atoms with Crippen molar-refractivity contribution in [2.75, 3.05) is 40.0 Å². The summed E-state index contributed by atoms with van der Waals surface area (Å²) in [4.78, 5) is 4.68. The van der Waals surface area contributed by atoms with Gasteiger partial charge in [-0.3, -0.25) is 9.51 Å². The van der Waals surface area contributed by atoms with Gasteiger partial charge in [0, 0.05) is 30.3 Å². The van der Waals surface area contributed by atoms with E-state index in [9.17, 15) is 0 Å². The molecule has 5 unspecified atom stereocenters. The lowest BCUT2D eigenvalue weighted by Crippen LogP contribution is -2.68. The minimum absolute atomic E-state index is 0.116. The van der Waals surface area contributed by atoms with E-state index < -0.39 is 8.60 Å². The monoisotopic (exact) mass is 555 g/mol. The van der Waals surface area contributed by atoms with Gasteiger partial charge in [0.1, 0.15) is 17.9 Å². The standard InChI is InChI=1S/C32H48N2O4P/c1-4-6-7-8-9-10-11-12-18-34-19-16-26(25(5-2)24-34)22-31(34)32(38-39-36-20-21-37-39)28-15-17-33-30-14-13-27(35-3)23-29(28)30/h5,13-15,17,23,25-26,31-32H,2,4,6-12,16,18-22,24H2,1,3H3/q+1. The summed E-state index contributed by atoms with van der Waals surface area (Å²) in [6.45, 7) is 11.4. The van der Waals surface area contributed by atoms with Crippen LogP contribution in [-0.4, -0.2) is 55.5 Å². The van der Waals surface area contributed by atoms with Crippen LogP contribution in [0.5, 0.6) is 5.75 Å². The van der Waals surface area contributed by atoms with Crippen LogP contribution in [0, 0.1) is 11.8 Å². The number of quaternary nitrogens is 1. The van der Waals surface area contributed by atoms with E-state index in [1.807, 2.05) is 12.3 Å². The highest BCUT2D eigenvalue weighted by Crippen LogP contribution is 2.54. The fourth-order valence-corrected chi connectivity index (χ4v) is 8.39. The molecule has 1 aromatic heterocycles. The Bertz CT molecular complexity index is 1080. The van der Waals surface area contributed by atoms with Crippen LogP contribution >= 0.6 is 8.60 Å². The number of piperidine rings is 3. The maximum Gasteiger partial charge on any atom is 0.333 e. The van der Waals surface area contributed by atoms with E-state index in [1.165, 1.54) is 83.0 Å². The van der Waals surface area contributed by atoms with Gasteiger partial charge in [-0.25, -0.2) is 0 Å². The predicted octanol–water partition coefficient (Wildman–Crippen LogP) is 8.13. The van der Waals surface area contributed by atoms with E-state index in [2.05, 4.69) is 42.8 Å². The molecule has 0 spiro atoms. The lowest BCUT2D eigenvalue weighted by atomic mass is 9.71. The molecule has 0 radical (unpaired) electrons. The number of nitrogens with zero attached hydrogens (tertiary/aromatic N) is 2. The topological polar surface area (TPSA) is 49.8 Å². The number of rotatable bonds is 15. The van der Waals surface area contributed by atoms with Crippen LogP contribution in [0.3, 0.4) is 0 Å². The summed E-state index contributed by atoms with van der Waals surface area (Å²) >= 11 is 0. The first kappa shape index (κ1) is 29.0. The lowest BCUT2D eigenvalue weighted by molar-refractivity contribution is -0.973. The van der Waals surface area contributed by atoms with E-state index in [0.717, 1.165) is 27.6 Å². The molecule has 7 heteroatoms. The van der Waals surface area contributed by atoms with Crippen LogP contribution < -0.4 is 4.74 Å². The van der Waals surface area contributed by atoms with Gasteiger partial charge < -0.3 is 18.3 Å². The van der Waals surface area contributed by atoms with Crippen molar-refractivity contribution in [1.82, 2.24) is 4.98 Å². The molecule has 1 aromatic carbocycles. The van der Waals surface area contributed by atoms with Crippen molar-refractivity contribution < 1.29 is 22.8 Å². The van der Waals surface area contributed by atoms with Gasteiger partial charge in [-0.05, 0) is 48.6 Å². The van der Waals surface area contributed by atoms with E-state index in [1.54, 1.807) is 7.11 Å². The highest BCUT2D eigenvalue weighted by atomic mass is 31.2.